The van der Waals surface area contributed by atoms with Crippen molar-refractivity contribution >= 4 is 16.9 Å². The number of carbonyl (C=O) groups excluding carboxylic acids is 1. The molecule has 1 aromatic carbocycles. The zero-order valence-corrected chi connectivity index (χ0v) is 15.7. The Kier molecular flexibility index (Phi) is 6.92. The molecule has 1 aliphatic rings. The van der Waals surface area contributed by atoms with E-state index in [-0.39, 0.29) is 12.6 Å². The number of amides is 2. The van der Waals surface area contributed by atoms with Crippen LogP contribution in [-0.2, 0) is 4.74 Å². The standard InChI is InChI=1S/C19H28N4O4/c1-14-11-16-17(22-14)3-2-4-18(16)27-13-15(24)12-20-5-6-21-19(25)23-7-9-26-10-8-23/h2-4,11,15,20,22,24H,5-10,12-13H2,1H3,(H,21,25)/t15-/m0/s1. The number of hydrogen-bond acceptors (Lipinski definition) is 5. The zero-order chi connectivity index (χ0) is 19.1. The number of aromatic amines is 1. The third-order valence-corrected chi connectivity index (χ3v) is 4.45. The van der Waals surface area contributed by atoms with Crippen LogP contribution < -0.4 is 15.4 Å². The van der Waals surface area contributed by atoms with Crippen LogP contribution in [0.5, 0.6) is 5.75 Å². The van der Waals surface area contributed by atoms with Crippen LogP contribution >= 0.6 is 0 Å². The van der Waals surface area contributed by atoms with Gasteiger partial charge in [0.05, 0.1) is 13.2 Å². The van der Waals surface area contributed by atoms with Gasteiger partial charge in [-0.3, -0.25) is 0 Å². The first-order valence-corrected chi connectivity index (χ1v) is 9.34. The van der Waals surface area contributed by atoms with Gasteiger partial charge in [-0.05, 0) is 25.1 Å². The highest BCUT2D eigenvalue weighted by molar-refractivity contribution is 5.86. The third kappa shape index (κ3) is 5.59. The summed E-state index contributed by atoms with van der Waals surface area (Å²) < 4.78 is 11.0. The van der Waals surface area contributed by atoms with E-state index < -0.39 is 6.10 Å². The van der Waals surface area contributed by atoms with Gasteiger partial charge in [-0.25, -0.2) is 4.79 Å². The van der Waals surface area contributed by atoms with Gasteiger partial charge in [-0.15, -0.1) is 0 Å². The van der Waals surface area contributed by atoms with E-state index >= 15 is 0 Å². The molecule has 0 unspecified atom stereocenters. The Hall–Kier alpha value is -2.29. The summed E-state index contributed by atoms with van der Waals surface area (Å²) in [6, 6.07) is 7.79. The molecule has 0 bridgehead atoms. The lowest BCUT2D eigenvalue weighted by atomic mass is 10.2. The first-order valence-electron chi connectivity index (χ1n) is 9.34. The van der Waals surface area contributed by atoms with Gasteiger partial charge in [0.1, 0.15) is 18.5 Å². The van der Waals surface area contributed by atoms with Crippen LogP contribution in [0.15, 0.2) is 24.3 Å². The number of aromatic nitrogens is 1. The van der Waals surface area contributed by atoms with E-state index in [1.165, 1.54) is 0 Å². The molecule has 1 atom stereocenters. The number of aryl methyl sites for hydroxylation is 1. The number of urea groups is 1. The van der Waals surface area contributed by atoms with Crippen molar-refractivity contribution in [2.75, 3.05) is 52.5 Å². The Labute approximate surface area is 158 Å². The van der Waals surface area contributed by atoms with Crippen molar-refractivity contribution in [3.63, 3.8) is 0 Å². The lowest BCUT2D eigenvalue weighted by Gasteiger charge is -2.27. The second-order valence-electron chi connectivity index (χ2n) is 6.67. The summed E-state index contributed by atoms with van der Waals surface area (Å²) in [4.78, 5) is 16.9. The highest BCUT2D eigenvalue weighted by Crippen LogP contribution is 2.26. The van der Waals surface area contributed by atoms with Crippen LogP contribution in [0.2, 0.25) is 0 Å². The Morgan fingerprint density at radius 2 is 2.19 bits per heavy atom. The second-order valence-corrected chi connectivity index (χ2v) is 6.67. The number of aliphatic hydroxyl groups is 1. The van der Waals surface area contributed by atoms with Crippen LogP contribution in [0.4, 0.5) is 4.79 Å². The van der Waals surface area contributed by atoms with Crippen molar-refractivity contribution in [1.82, 2.24) is 20.5 Å². The lowest BCUT2D eigenvalue weighted by molar-refractivity contribution is 0.0532. The number of fused-ring (bicyclic) bond motifs is 1. The second kappa shape index (κ2) is 9.59. The van der Waals surface area contributed by atoms with E-state index in [9.17, 15) is 9.90 Å². The number of carbonyl (C=O) groups is 1. The number of H-pyrrole nitrogens is 1. The topological polar surface area (TPSA) is 98.8 Å². The van der Waals surface area contributed by atoms with E-state index in [0.29, 0.717) is 45.9 Å². The van der Waals surface area contributed by atoms with Gasteiger partial charge in [0, 0.05) is 49.3 Å². The van der Waals surface area contributed by atoms with Crippen LogP contribution in [0, 0.1) is 6.92 Å². The normalized spacial score (nSPS) is 15.7. The highest BCUT2D eigenvalue weighted by atomic mass is 16.5. The first kappa shape index (κ1) is 19.5. The van der Waals surface area contributed by atoms with Gasteiger partial charge in [-0.2, -0.15) is 0 Å². The van der Waals surface area contributed by atoms with Crippen LogP contribution in [0.1, 0.15) is 5.69 Å². The number of aliphatic hydroxyl groups excluding tert-OH is 1. The average molecular weight is 376 g/mol. The van der Waals surface area contributed by atoms with E-state index in [1.807, 2.05) is 31.2 Å². The van der Waals surface area contributed by atoms with Crippen LogP contribution in [0.3, 0.4) is 0 Å². The highest BCUT2D eigenvalue weighted by Gasteiger charge is 2.15. The number of nitrogens with zero attached hydrogens (tertiary/aromatic N) is 1. The molecule has 1 aromatic heterocycles. The number of benzene rings is 1. The van der Waals surface area contributed by atoms with Crippen molar-refractivity contribution < 1.29 is 19.4 Å². The summed E-state index contributed by atoms with van der Waals surface area (Å²) in [6.45, 7) is 6.13. The van der Waals surface area contributed by atoms with Gasteiger partial charge in [0.25, 0.3) is 0 Å². The van der Waals surface area contributed by atoms with E-state index in [1.54, 1.807) is 4.90 Å². The molecule has 1 fully saturated rings. The van der Waals surface area contributed by atoms with Gasteiger partial charge < -0.3 is 35.1 Å². The average Bonchev–Trinajstić information content (AvgIpc) is 3.07. The molecule has 8 heteroatoms. The molecule has 3 rings (SSSR count). The summed E-state index contributed by atoms with van der Waals surface area (Å²) in [5, 5.41) is 17.1. The number of rotatable bonds is 8. The largest absolute Gasteiger partial charge is 0.490 e. The quantitative estimate of drug-likeness (QED) is 0.512. The van der Waals surface area contributed by atoms with Crippen molar-refractivity contribution in [2.24, 2.45) is 0 Å². The zero-order valence-electron chi connectivity index (χ0n) is 15.7. The number of morpholine rings is 1. The SMILES string of the molecule is Cc1cc2c(OC[C@@H](O)CNCCNC(=O)N3CCOCC3)cccc2[nH]1. The molecule has 1 aliphatic heterocycles. The third-order valence-electron chi connectivity index (χ3n) is 4.45. The molecule has 2 aromatic rings. The first-order chi connectivity index (χ1) is 13.1. The van der Waals surface area contributed by atoms with Crippen molar-refractivity contribution in [3.8, 4) is 5.75 Å². The van der Waals surface area contributed by atoms with Crippen LogP contribution in [0.25, 0.3) is 10.9 Å². The fourth-order valence-corrected chi connectivity index (χ4v) is 3.04. The summed E-state index contributed by atoms with van der Waals surface area (Å²) >= 11 is 0. The summed E-state index contributed by atoms with van der Waals surface area (Å²) in [6.07, 6.45) is -0.629. The minimum atomic E-state index is -0.629. The maximum absolute atomic E-state index is 11.9. The minimum Gasteiger partial charge on any atom is -0.490 e. The van der Waals surface area contributed by atoms with Crippen molar-refractivity contribution in [1.29, 1.82) is 0 Å². The molecule has 27 heavy (non-hydrogen) atoms. The Morgan fingerprint density at radius 3 is 3.00 bits per heavy atom. The molecular weight excluding hydrogens is 348 g/mol. The van der Waals surface area contributed by atoms with Crippen molar-refractivity contribution in [3.05, 3.63) is 30.0 Å². The fraction of sp³-hybridized carbons (Fsp3) is 0.526. The summed E-state index contributed by atoms with van der Waals surface area (Å²) in [5.41, 5.74) is 2.09. The molecular formula is C19H28N4O4. The molecule has 2 heterocycles. The van der Waals surface area contributed by atoms with E-state index in [0.717, 1.165) is 22.3 Å². The maximum atomic E-state index is 11.9. The monoisotopic (exact) mass is 376 g/mol. The molecule has 0 spiro atoms. The molecule has 1 saturated heterocycles. The van der Waals surface area contributed by atoms with Gasteiger partial charge >= 0.3 is 6.03 Å². The molecule has 4 N–H and O–H groups in total. The fourth-order valence-electron chi connectivity index (χ4n) is 3.04. The minimum absolute atomic E-state index is 0.0705. The molecule has 0 saturated carbocycles. The summed E-state index contributed by atoms with van der Waals surface area (Å²) in [5.74, 6) is 0.758. The predicted molar refractivity (Wildman–Crippen MR) is 103 cm³/mol. The van der Waals surface area contributed by atoms with E-state index in [2.05, 4.69) is 15.6 Å². The van der Waals surface area contributed by atoms with Gasteiger partial charge in [0.2, 0.25) is 0 Å². The maximum Gasteiger partial charge on any atom is 0.317 e. The van der Waals surface area contributed by atoms with Gasteiger partial charge in [0.15, 0.2) is 0 Å². The van der Waals surface area contributed by atoms with Crippen molar-refractivity contribution in [2.45, 2.75) is 13.0 Å². The number of ether oxygens (including phenoxy) is 2. The Balaban J connectivity index is 1.31. The van der Waals surface area contributed by atoms with Gasteiger partial charge in [-0.1, -0.05) is 6.07 Å². The molecule has 0 aliphatic carbocycles. The molecule has 8 nitrogen and oxygen atoms in total. The van der Waals surface area contributed by atoms with E-state index in [4.69, 9.17) is 9.47 Å². The van der Waals surface area contributed by atoms with Crippen LogP contribution in [-0.4, -0.2) is 79.7 Å². The lowest BCUT2D eigenvalue weighted by Crippen LogP contribution is -2.47. The smallest absolute Gasteiger partial charge is 0.317 e. The molecule has 148 valence electrons. The molecule has 2 amide bonds. The summed E-state index contributed by atoms with van der Waals surface area (Å²) in [7, 11) is 0. The number of hydrogen-bond donors (Lipinski definition) is 4. The number of nitrogens with one attached hydrogen (secondary N) is 3. The Morgan fingerprint density at radius 1 is 1.37 bits per heavy atom. The predicted octanol–water partition coefficient (Wildman–Crippen LogP) is 0.847. The molecule has 0 radical (unpaired) electrons. The Bertz CT molecular complexity index is 742.